The minimum Gasteiger partial charge on any atom is -2.00 e. The second kappa shape index (κ2) is 50.0. The summed E-state index contributed by atoms with van der Waals surface area (Å²) in [6.07, 6.45) is 0. The Morgan fingerprint density at radius 2 is 0.500 bits per heavy atom. The van der Waals surface area contributed by atoms with E-state index in [-0.39, 0.29) is 104 Å². The predicted molar refractivity (Wildman–Crippen MR) is 4.56 cm³/mol. The molecule has 0 aromatic rings. The molecule has 3 nitrogen and oxygen atoms in total. The number of halogens is 1. The van der Waals surface area contributed by atoms with Crippen LogP contribution in [-0.4, -0.2) is 0 Å². The molecule has 0 spiro atoms. The van der Waals surface area contributed by atoms with Gasteiger partial charge in [0, 0.05) is 0 Å². The van der Waals surface area contributed by atoms with E-state index in [9.17, 15) is 0 Å². The molecular formula is HFO3Pr2. The van der Waals surface area contributed by atoms with Gasteiger partial charge >= 0.3 is 82.6 Å². The fraction of sp³-hybridized carbons (Fsp3) is 0. The Morgan fingerprint density at radius 1 is 0.500 bits per heavy atom. The van der Waals surface area contributed by atoms with Crippen molar-refractivity contribution in [1.29, 1.82) is 0 Å². The van der Waals surface area contributed by atoms with Crippen LogP contribution in [0.3, 0.4) is 0 Å². The summed E-state index contributed by atoms with van der Waals surface area (Å²) in [4.78, 5) is 0. The molecule has 0 unspecified atom stereocenters. The minimum absolute atomic E-state index is 0. The summed E-state index contributed by atoms with van der Waals surface area (Å²) in [5, 5.41) is 0. The summed E-state index contributed by atoms with van der Waals surface area (Å²) in [6.45, 7) is 0. The molecule has 0 bridgehead atoms. The van der Waals surface area contributed by atoms with E-state index in [1.165, 1.54) is 0 Å². The summed E-state index contributed by atoms with van der Waals surface area (Å²) < 4.78 is 0. The van der Waals surface area contributed by atoms with Crippen LogP contribution in [0.2, 0.25) is 0 Å². The van der Waals surface area contributed by atoms with E-state index < -0.39 is 0 Å². The van der Waals surface area contributed by atoms with E-state index in [1.54, 1.807) is 0 Å². The van der Waals surface area contributed by atoms with Crippen molar-refractivity contribution in [3.63, 3.8) is 0 Å². The van der Waals surface area contributed by atoms with Gasteiger partial charge in [-0.2, -0.15) is 0 Å². The van der Waals surface area contributed by atoms with E-state index in [0.29, 0.717) is 0 Å². The van der Waals surface area contributed by atoms with Crippen molar-refractivity contribution in [3.8, 4) is 0 Å². The van der Waals surface area contributed by atoms with Crippen molar-refractivity contribution >= 4 is 0 Å². The molecule has 0 heterocycles. The summed E-state index contributed by atoms with van der Waals surface area (Å²) in [5.41, 5.74) is 0. The van der Waals surface area contributed by atoms with Gasteiger partial charge in [-0.3, -0.25) is 4.70 Å². The van der Waals surface area contributed by atoms with E-state index >= 15 is 0 Å². The summed E-state index contributed by atoms with van der Waals surface area (Å²) in [6, 6.07) is 0. The molecule has 0 amide bonds. The SMILES string of the molecule is F.[O-2].[O-2].[O-2].[Pr+3].[Pr+3]. The Balaban J connectivity index is 0. The largest absolute Gasteiger partial charge is 3.00 e. The number of rotatable bonds is 0. The molecule has 0 aromatic carbocycles. The zero-order valence-corrected chi connectivity index (χ0v) is 10.2. The Kier molecular flexibility index (Phi) is 628. The van der Waals surface area contributed by atoms with Crippen LogP contribution in [0.5, 0.6) is 0 Å². The van der Waals surface area contributed by atoms with E-state index in [1.807, 2.05) is 0 Å². The van der Waals surface area contributed by atoms with Crippen LogP contribution in [0.1, 0.15) is 0 Å². The number of hydrogen-bond donors (Lipinski definition) is 0. The van der Waals surface area contributed by atoms with Crippen LogP contribution in [0, 0.1) is 82.6 Å². The van der Waals surface area contributed by atoms with Crippen LogP contribution in [0.15, 0.2) is 0 Å². The zero-order valence-electron chi connectivity index (χ0n) is 2.79. The van der Waals surface area contributed by atoms with Crippen molar-refractivity contribution in [1.82, 2.24) is 0 Å². The normalized spacial score (nSPS) is 0. The van der Waals surface area contributed by atoms with Gasteiger partial charge in [-0.25, -0.2) is 0 Å². The first-order valence-electron chi connectivity index (χ1n) is 0. The van der Waals surface area contributed by atoms with Crippen molar-refractivity contribution in [2.24, 2.45) is 0 Å². The fourth-order valence-electron chi connectivity index (χ4n) is 0. The van der Waals surface area contributed by atoms with Gasteiger partial charge in [0.05, 0.1) is 0 Å². The molecule has 0 saturated heterocycles. The molecular weight excluding hydrogens is 349 g/mol. The average molecular weight is 350 g/mol. The van der Waals surface area contributed by atoms with E-state index in [4.69, 9.17) is 0 Å². The molecule has 0 aliphatic heterocycles. The van der Waals surface area contributed by atoms with Crippen molar-refractivity contribution in [3.05, 3.63) is 0 Å². The molecule has 0 aliphatic rings. The van der Waals surface area contributed by atoms with Crippen LogP contribution in [0.4, 0.5) is 4.70 Å². The zero-order chi connectivity index (χ0) is 0. The van der Waals surface area contributed by atoms with Gasteiger partial charge in [0.25, 0.3) is 0 Å². The van der Waals surface area contributed by atoms with Gasteiger partial charge in [0.15, 0.2) is 0 Å². The standard InChI is InChI=1S/FH.3O.2Pr/h1H;;;;;/q;3*-2;2*+3. The first kappa shape index (κ1) is 75.3. The molecule has 0 radical (unpaired) electrons. The monoisotopic (exact) mass is 350 g/mol. The third-order valence-electron chi connectivity index (χ3n) is 0. The van der Waals surface area contributed by atoms with Crippen molar-refractivity contribution < 1.29 is 104 Å². The van der Waals surface area contributed by atoms with Crippen molar-refractivity contribution in [2.75, 3.05) is 0 Å². The van der Waals surface area contributed by atoms with Crippen LogP contribution >= 0.6 is 0 Å². The quantitative estimate of drug-likeness (QED) is 0.580. The smallest absolute Gasteiger partial charge is 2.00 e. The predicted octanol–water partition coefficient (Wildman–Crippen LogP) is -0.204. The molecule has 0 aromatic heterocycles. The van der Waals surface area contributed by atoms with Gasteiger partial charge in [-0.05, 0) is 0 Å². The summed E-state index contributed by atoms with van der Waals surface area (Å²) >= 11 is 0. The van der Waals surface area contributed by atoms with Crippen molar-refractivity contribution in [2.45, 2.75) is 0 Å². The maximum Gasteiger partial charge on any atom is 3.00 e. The molecule has 32 valence electrons. The van der Waals surface area contributed by atoms with Gasteiger partial charge in [0.2, 0.25) is 0 Å². The van der Waals surface area contributed by atoms with E-state index in [0.717, 1.165) is 0 Å². The topological polar surface area (TPSA) is 85.5 Å². The Hall–Kier alpha value is 2.54. The summed E-state index contributed by atoms with van der Waals surface area (Å²) in [5.74, 6) is 0. The fourth-order valence-corrected chi connectivity index (χ4v) is 0. The molecule has 6 heavy (non-hydrogen) atoms. The second-order valence-electron chi connectivity index (χ2n) is 0. The van der Waals surface area contributed by atoms with Gasteiger partial charge in [0.1, 0.15) is 0 Å². The summed E-state index contributed by atoms with van der Waals surface area (Å²) in [7, 11) is 0. The number of hydrogen-bond acceptors (Lipinski definition) is 0. The van der Waals surface area contributed by atoms with E-state index in [2.05, 4.69) is 0 Å². The molecule has 0 rings (SSSR count). The maximum absolute atomic E-state index is 0. The average Bonchev–Trinajstić information content (AvgIpc) is 0. The van der Waals surface area contributed by atoms with Crippen LogP contribution < -0.4 is 0 Å². The first-order valence-corrected chi connectivity index (χ1v) is 0. The van der Waals surface area contributed by atoms with Gasteiger partial charge < -0.3 is 16.4 Å². The first-order chi connectivity index (χ1) is 0. The van der Waals surface area contributed by atoms with Gasteiger partial charge in [-0.15, -0.1) is 0 Å². The Morgan fingerprint density at radius 3 is 0.500 bits per heavy atom. The molecule has 0 fully saturated rings. The molecule has 0 aliphatic carbocycles. The minimum atomic E-state index is 0. The van der Waals surface area contributed by atoms with Crippen LogP contribution in [0.25, 0.3) is 0 Å². The van der Waals surface area contributed by atoms with Crippen LogP contribution in [-0.2, 0) is 16.4 Å². The second-order valence-corrected chi connectivity index (χ2v) is 0. The Bertz CT molecular complexity index is 8.75. The Labute approximate surface area is 101 Å². The third-order valence-corrected chi connectivity index (χ3v) is 0. The molecule has 0 atom stereocenters. The molecule has 6 heteroatoms. The van der Waals surface area contributed by atoms with Gasteiger partial charge in [-0.1, -0.05) is 0 Å². The molecule has 0 saturated carbocycles. The molecule has 0 N–H and O–H groups in total. The third kappa shape index (κ3) is 31.1. The maximum atomic E-state index is 0.